The molecule has 0 bridgehead atoms. The Hall–Kier alpha value is -2.99. The zero-order valence-corrected chi connectivity index (χ0v) is 19.5. The molecule has 0 unspecified atom stereocenters. The molecule has 3 heterocycles. The molecule has 0 aliphatic heterocycles. The van der Waals surface area contributed by atoms with Crippen molar-refractivity contribution in [1.82, 2.24) is 20.1 Å². The van der Waals surface area contributed by atoms with Crippen molar-refractivity contribution in [2.45, 2.75) is 53.5 Å². The number of aryl methyl sites for hydroxylation is 4. The minimum Gasteiger partial charge on any atom is -0.349 e. The molecule has 0 spiro atoms. The number of thiophene rings is 1. The van der Waals surface area contributed by atoms with Gasteiger partial charge in [-0.3, -0.25) is 4.79 Å². The van der Waals surface area contributed by atoms with Crippen molar-refractivity contribution in [2.24, 2.45) is 0 Å². The van der Waals surface area contributed by atoms with E-state index in [9.17, 15) is 4.79 Å². The highest BCUT2D eigenvalue weighted by molar-refractivity contribution is 7.10. The first-order valence-electron chi connectivity index (χ1n) is 10.6. The molecule has 1 amide bonds. The second kappa shape index (κ2) is 8.63. The Bertz CT molecular complexity index is 1220. The van der Waals surface area contributed by atoms with Gasteiger partial charge in [-0.2, -0.15) is 5.10 Å². The number of nitrogens with zero attached hydrogens (tertiary/aromatic N) is 3. The number of nitrogens with one attached hydrogen (secondary N) is 1. The van der Waals surface area contributed by atoms with Gasteiger partial charge in [0.05, 0.1) is 17.4 Å². The van der Waals surface area contributed by atoms with Gasteiger partial charge in [0.15, 0.2) is 5.65 Å². The minimum atomic E-state index is 0.0327. The fraction of sp³-hybridized carbons (Fsp3) is 0.320. The maximum atomic E-state index is 12.5. The van der Waals surface area contributed by atoms with Gasteiger partial charge in [0.25, 0.3) is 0 Å². The van der Waals surface area contributed by atoms with Crippen molar-refractivity contribution >= 4 is 28.3 Å². The number of rotatable bonds is 6. The van der Waals surface area contributed by atoms with Crippen LogP contribution in [0.4, 0.5) is 0 Å². The van der Waals surface area contributed by atoms with Crippen LogP contribution in [0.1, 0.15) is 52.3 Å². The highest BCUT2D eigenvalue weighted by atomic mass is 32.1. The summed E-state index contributed by atoms with van der Waals surface area (Å²) in [7, 11) is 0. The van der Waals surface area contributed by atoms with Crippen LogP contribution in [0.25, 0.3) is 16.7 Å². The van der Waals surface area contributed by atoms with Crippen molar-refractivity contribution in [1.29, 1.82) is 0 Å². The Morgan fingerprint density at radius 2 is 1.84 bits per heavy atom. The lowest BCUT2D eigenvalue weighted by Gasteiger charge is -2.14. The van der Waals surface area contributed by atoms with Gasteiger partial charge in [0.1, 0.15) is 0 Å². The third-order valence-electron chi connectivity index (χ3n) is 5.80. The molecule has 4 aromatic rings. The predicted octanol–water partition coefficient (Wildman–Crippen LogP) is 5.53. The number of fused-ring (bicyclic) bond motifs is 1. The highest BCUT2D eigenvalue weighted by Crippen LogP contribution is 2.28. The fourth-order valence-electron chi connectivity index (χ4n) is 4.10. The van der Waals surface area contributed by atoms with Crippen LogP contribution in [0.5, 0.6) is 0 Å². The van der Waals surface area contributed by atoms with Crippen LogP contribution in [0.3, 0.4) is 0 Å². The van der Waals surface area contributed by atoms with Gasteiger partial charge in [-0.25, -0.2) is 9.67 Å². The summed E-state index contributed by atoms with van der Waals surface area (Å²) in [5.41, 5.74) is 7.30. The minimum absolute atomic E-state index is 0.0327. The molecule has 4 rings (SSSR count). The van der Waals surface area contributed by atoms with Crippen LogP contribution in [0, 0.1) is 27.7 Å². The molecular formula is C25H28N4OS. The molecule has 6 heteroatoms. The number of hydrogen-bond acceptors (Lipinski definition) is 4. The molecule has 0 saturated carbocycles. The molecule has 160 valence electrons. The molecule has 31 heavy (non-hydrogen) atoms. The van der Waals surface area contributed by atoms with E-state index in [1.807, 2.05) is 36.9 Å². The Morgan fingerprint density at radius 1 is 1.10 bits per heavy atom. The molecule has 0 radical (unpaired) electrons. The number of hydrogen-bond donors (Lipinski definition) is 1. The number of carbonyl (C=O) groups is 1. The number of pyridine rings is 1. The van der Waals surface area contributed by atoms with Gasteiger partial charge in [-0.1, -0.05) is 23.8 Å². The van der Waals surface area contributed by atoms with Crippen molar-refractivity contribution in [2.75, 3.05) is 0 Å². The second-order valence-corrected chi connectivity index (χ2v) is 9.12. The maximum absolute atomic E-state index is 12.5. The number of aromatic nitrogens is 3. The van der Waals surface area contributed by atoms with Crippen LogP contribution in [0.2, 0.25) is 0 Å². The Balaban J connectivity index is 1.58. The smallest absolute Gasteiger partial charge is 0.220 e. The van der Waals surface area contributed by atoms with Crippen molar-refractivity contribution in [3.63, 3.8) is 0 Å². The topological polar surface area (TPSA) is 59.8 Å². The van der Waals surface area contributed by atoms with E-state index < -0.39 is 0 Å². The molecule has 0 saturated heterocycles. The summed E-state index contributed by atoms with van der Waals surface area (Å²) in [6.07, 6.45) is 1.11. The van der Waals surface area contributed by atoms with E-state index in [0.29, 0.717) is 12.8 Å². The molecule has 0 fully saturated rings. The maximum Gasteiger partial charge on any atom is 0.220 e. The van der Waals surface area contributed by atoms with Crippen LogP contribution >= 0.6 is 11.3 Å². The normalized spacial score (nSPS) is 12.3. The van der Waals surface area contributed by atoms with Gasteiger partial charge in [-0.05, 0) is 75.7 Å². The third kappa shape index (κ3) is 4.26. The molecule has 0 aliphatic rings. The lowest BCUT2D eigenvalue weighted by Crippen LogP contribution is -2.26. The Morgan fingerprint density at radius 3 is 2.52 bits per heavy atom. The second-order valence-electron chi connectivity index (χ2n) is 8.14. The van der Waals surface area contributed by atoms with E-state index in [4.69, 9.17) is 10.1 Å². The summed E-state index contributed by atoms with van der Waals surface area (Å²) < 4.78 is 1.92. The number of carbonyl (C=O) groups excluding carboxylic acids is 1. The molecule has 0 aliphatic carbocycles. The van der Waals surface area contributed by atoms with E-state index in [1.54, 1.807) is 11.3 Å². The third-order valence-corrected chi connectivity index (χ3v) is 6.86. The number of amides is 1. The summed E-state index contributed by atoms with van der Waals surface area (Å²) in [5, 5.41) is 11.0. The summed E-state index contributed by atoms with van der Waals surface area (Å²) in [6, 6.07) is 12.4. The largest absolute Gasteiger partial charge is 0.349 e. The molecule has 3 aromatic heterocycles. The van der Waals surface area contributed by atoms with Crippen LogP contribution in [-0.4, -0.2) is 20.7 Å². The SMILES string of the molecule is Cc1ccc(-n2nc(C)c3c(C)c(CCC(=O)N[C@H](C)c4cccs4)c(C)nc32)cc1. The lowest BCUT2D eigenvalue weighted by molar-refractivity contribution is -0.121. The molecular weight excluding hydrogens is 404 g/mol. The van der Waals surface area contributed by atoms with Gasteiger partial charge >= 0.3 is 0 Å². The van der Waals surface area contributed by atoms with Crippen molar-refractivity contribution < 1.29 is 4.79 Å². The first kappa shape index (κ1) is 21.2. The Kier molecular flexibility index (Phi) is 5.92. The zero-order valence-electron chi connectivity index (χ0n) is 18.7. The Labute approximate surface area is 187 Å². The molecule has 5 nitrogen and oxygen atoms in total. The average Bonchev–Trinajstić information content (AvgIpc) is 3.37. The molecule has 1 aromatic carbocycles. The van der Waals surface area contributed by atoms with Gasteiger partial charge in [0.2, 0.25) is 5.91 Å². The quantitative estimate of drug-likeness (QED) is 0.436. The summed E-state index contributed by atoms with van der Waals surface area (Å²) in [5.74, 6) is 0.0619. The van der Waals surface area contributed by atoms with Crippen LogP contribution in [-0.2, 0) is 11.2 Å². The lowest BCUT2D eigenvalue weighted by atomic mass is 9.99. The first-order chi connectivity index (χ1) is 14.8. The predicted molar refractivity (Wildman–Crippen MR) is 127 cm³/mol. The summed E-state index contributed by atoms with van der Waals surface area (Å²) in [6.45, 7) is 10.3. The van der Waals surface area contributed by atoms with E-state index in [0.717, 1.165) is 39.2 Å². The van der Waals surface area contributed by atoms with Gasteiger partial charge in [0, 0.05) is 22.4 Å². The van der Waals surface area contributed by atoms with Crippen molar-refractivity contribution in [3.8, 4) is 5.69 Å². The monoisotopic (exact) mass is 432 g/mol. The van der Waals surface area contributed by atoms with E-state index >= 15 is 0 Å². The molecule has 1 N–H and O–H groups in total. The summed E-state index contributed by atoms with van der Waals surface area (Å²) in [4.78, 5) is 18.6. The van der Waals surface area contributed by atoms with Crippen LogP contribution in [0.15, 0.2) is 41.8 Å². The first-order valence-corrected chi connectivity index (χ1v) is 11.5. The van der Waals surface area contributed by atoms with E-state index in [2.05, 4.69) is 49.5 Å². The summed E-state index contributed by atoms with van der Waals surface area (Å²) >= 11 is 1.66. The van der Waals surface area contributed by atoms with Crippen molar-refractivity contribution in [3.05, 3.63) is 74.7 Å². The van der Waals surface area contributed by atoms with Crippen LogP contribution < -0.4 is 5.32 Å². The van der Waals surface area contributed by atoms with Gasteiger partial charge in [-0.15, -0.1) is 11.3 Å². The zero-order chi connectivity index (χ0) is 22.1. The van der Waals surface area contributed by atoms with E-state index in [1.165, 1.54) is 10.4 Å². The molecule has 1 atom stereocenters. The number of benzene rings is 1. The highest BCUT2D eigenvalue weighted by Gasteiger charge is 2.18. The van der Waals surface area contributed by atoms with Gasteiger partial charge < -0.3 is 5.32 Å². The average molecular weight is 433 g/mol. The van der Waals surface area contributed by atoms with E-state index in [-0.39, 0.29) is 11.9 Å². The standard InChI is InChI=1S/C25H28N4OS/c1-15-8-10-20(11-9-15)29-25-24(19(5)28-29)16(2)21(17(3)27-25)12-13-23(30)26-18(4)22-7-6-14-31-22/h6-11,14,18H,12-13H2,1-5H3,(H,26,30)/t18-/m1/s1. The fourth-order valence-corrected chi connectivity index (χ4v) is 4.84.